The predicted octanol–water partition coefficient (Wildman–Crippen LogP) is -0.529. The van der Waals surface area contributed by atoms with Crippen molar-refractivity contribution >= 4 is 16.8 Å². The molecule has 0 aliphatic rings. The molecule has 0 saturated carbocycles. The van der Waals surface area contributed by atoms with E-state index in [1.807, 2.05) is 0 Å². The standard InChI is InChI=1S/C12H14N4O2/c13-5-6-14-12(18)8-16-10-4-2-1-3-9(10)11(17)7-15-16/h1-4,7H,5-6,8,13H2,(H,14,18). The van der Waals surface area contributed by atoms with Crippen LogP contribution in [-0.4, -0.2) is 28.8 Å². The van der Waals surface area contributed by atoms with Crippen LogP contribution in [0.2, 0.25) is 0 Å². The topological polar surface area (TPSA) is 90.0 Å². The van der Waals surface area contributed by atoms with Gasteiger partial charge >= 0.3 is 0 Å². The maximum atomic E-state index is 11.6. The highest BCUT2D eigenvalue weighted by Gasteiger charge is 2.06. The summed E-state index contributed by atoms with van der Waals surface area (Å²) < 4.78 is 1.50. The van der Waals surface area contributed by atoms with E-state index >= 15 is 0 Å². The van der Waals surface area contributed by atoms with Crippen LogP contribution in [0.4, 0.5) is 0 Å². The molecule has 2 aromatic rings. The average molecular weight is 246 g/mol. The van der Waals surface area contributed by atoms with Crippen LogP contribution in [0.1, 0.15) is 0 Å². The summed E-state index contributed by atoms with van der Waals surface area (Å²) >= 11 is 0. The summed E-state index contributed by atoms with van der Waals surface area (Å²) in [6.07, 6.45) is 1.22. The zero-order valence-corrected chi connectivity index (χ0v) is 9.80. The molecule has 94 valence electrons. The van der Waals surface area contributed by atoms with Gasteiger partial charge in [0.2, 0.25) is 11.3 Å². The smallest absolute Gasteiger partial charge is 0.241 e. The highest BCUT2D eigenvalue weighted by molar-refractivity contribution is 5.81. The molecule has 1 amide bonds. The van der Waals surface area contributed by atoms with E-state index < -0.39 is 0 Å². The SMILES string of the molecule is NCCNC(=O)Cn1ncc(=O)c2ccccc21. The number of para-hydroxylation sites is 1. The Morgan fingerprint density at radius 2 is 2.17 bits per heavy atom. The maximum absolute atomic E-state index is 11.6. The second-order valence-corrected chi connectivity index (χ2v) is 3.82. The number of hydrogen-bond acceptors (Lipinski definition) is 4. The Bertz CT molecular complexity index is 621. The molecule has 0 aliphatic heterocycles. The lowest BCUT2D eigenvalue weighted by atomic mass is 10.2. The maximum Gasteiger partial charge on any atom is 0.241 e. The number of rotatable bonds is 4. The Kier molecular flexibility index (Phi) is 3.69. The van der Waals surface area contributed by atoms with Gasteiger partial charge < -0.3 is 11.1 Å². The largest absolute Gasteiger partial charge is 0.353 e. The summed E-state index contributed by atoms with van der Waals surface area (Å²) in [6.45, 7) is 0.891. The van der Waals surface area contributed by atoms with Crippen molar-refractivity contribution in [3.8, 4) is 0 Å². The summed E-state index contributed by atoms with van der Waals surface area (Å²) in [4.78, 5) is 23.2. The number of nitrogens with one attached hydrogen (secondary N) is 1. The first-order valence-corrected chi connectivity index (χ1v) is 5.64. The van der Waals surface area contributed by atoms with Crippen LogP contribution in [-0.2, 0) is 11.3 Å². The van der Waals surface area contributed by atoms with E-state index in [0.29, 0.717) is 24.0 Å². The molecule has 6 nitrogen and oxygen atoms in total. The number of carbonyl (C=O) groups excluding carboxylic acids is 1. The second kappa shape index (κ2) is 5.42. The van der Waals surface area contributed by atoms with Crippen molar-refractivity contribution in [2.75, 3.05) is 13.1 Å². The first-order valence-electron chi connectivity index (χ1n) is 5.64. The van der Waals surface area contributed by atoms with Crippen molar-refractivity contribution < 1.29 is 4.79 Å². The molecule has 2 rings (SSSR count). The minimum atomic E-state index is -0.179. The monoisotopic (exact) mass is 246 g/mol. The van der Waals surface area contributed by atoms with Crippen LogP contribution in [0.3, 0.4) is 0 Å². The third-order valence-electron chi connectivity index (χ3n) is 2.52. The van der Waals surface area contributed by atoms with Crippen molar-refractivity contribution in [3.05, 3.63) is 40.7 Å². The van der Waals surface area contributed by atoms with Gasteiger partial charge in [-0.05, 0) is 12.1 Å². The molecule has 1 aromatic heterocycles. The number of benzene rings is 1. The number of aromatic nitrogens is 2. The fraction of sp³-hybridized carbons (Fsp3) is 0.250. The van der Waals surface area contributed by atoms with Gasteiger partial charge in [0.15, 0.2) is 0 Å². The van der Waals surface area contributed by atoms with E-state index in [1.165, 1.54) is 10.9 Å². The predicted molar refractivity (Wildman–Crippen MR) is 68.1 cm³/mol. The molecule has 3 N–H and O–H groups in total. The molecule has 0 atom stereocenters. The van der Waals surface area contributed by atoms with Gasteiger partial charge in [-0.1, -0.05) is 12.1 Å². The van der Waals surface area contributed by atoms with Gasteiger partial charge in [-0.2, -0.15) is 5.10 Å². The normalized spacial score (nSPS) is 10.5. The van der Waals surface area contributed by atoms with E-state index in [9.17, 15) is 9.59 Å². The van der Waals surface area contributed by atoms with Crippen LogP contribution in [0.25, 0.3) is 10.9 Å². The number of carbonyl (C=O) groups is 1. The van der Waals surface area contributed by atoms with Crippen molar-refractivity contribution in [2.45, 2.75) is 6.54 Å². The lowest BCUT2D eigenvalue weighted by Crippen LogP contribution is -2.32. The van der Waals surface area contributed by atoms with Crippen LogP contribution in [0.15, 0.2) is 35.3 Å². The Labute approximate surface area is 103 Å². The van der Waals surface area contributed by atoms with Crippen LogP contribution < -0.4 is 16.5 Å². The molecule has 0 spiro atoms. The Morgan fingerprint density at radius 1 is 1.39 bits per heavy atom. The molecule has 6 heteroatoms. The van der Waals surface area contributed by atoms with Gasteiger partial charge in [0, 0.05) is 18.5 Å². The second-order valence-electron chi connectivity index (χ2n) is 3.82. The molecule has 1 heterocycles. The first kappa shape index (κ1) is 12.3. The van der Waals surface area contributed by atoms with E-state index in [1.54, 1.807) is 24.3 Å². The number of amides is 1. The fourth-order valence-corrected chi connectivity index (χ4v) is 1.69. The number of nitrogens with zero attached hydrogens (tertiary/aromatic N) is 2. The summed E-state index contributed by atoms with van der Waals surface area (Å²) in [7, 11) is 0. The van der Waals surface area contributed by atoms with E-state index in [0.717, 1.165) is 0 Å². The molecule has 0 fully saturated rings. The minimum Gasteiger partial charge on any atom is -0.353 e. The third kappa shape index (κ3) is 2.54. The van der Waals surface area contributed by atoms with E-state index in [2.05, 4.69) is 10.4 Å². The average Bonchev–Trinajstić information content (AvgIpc) is 2.40. The van der Waals surface area contributed by atoms with Crippen molar-refractivity contribution in [2.24, 2.45) is 5.73 Å². The van der Waals surface area contributed by atoms with Crippen molar-refractivity contribution in [1.29, 1.82) is 0 Å². The lowest BCUT2D eigenvalue weighted by molar-refractivity contribution is -0.121. The zero-order valence-electron chi connectivity index (χ0n) is 9.80. The van der Waals surface area contributed by atoms with Gasteiger partial charge in [0.1, 0.15) is 6.54 Å². The van der Waals surface area contributed by atoms with Crippen LogP contribution >= 0.6 is 0 Å². The van der Waals surface area contributed by atoms with Gasteiger partial charge in [-0.15, -0.1) is 0 Å². The lowest BCUT2D eigenvalue weighted by Gasteiger charge is -2.09. The molecular weight excluding hydrogens is 232 g/mol. The van der Waals surface area contributed by atoms with Gasteiger partial charge in [-0.3, -0.25) is 14.3 Å². The van der Waals surface area contributed by atoms with Gasteiger partial charge in [0.25, 0.3) is 0 Å². The summed E-state index contributed by atoms with van der Waals surface area (Å²) in [6, 6.07) is 7.06. The minimum absolute atomic E-state index is 0.0702. The summed E-state index contributed by atoms with van der Waals surface area (Å²) in [5.41, 5.74) is 5.80. The molecule has 0 aliphatic carbocycles. The molecular formula is C12H14N4O2. The molecule has 0 unspecified atom stereocenters. The molecule has 18 heavy (non-hydrogen) atoms. The zero-order chi connectivity index (χ0) is 13.0. The Morgan fingerprint density at radius 3 is 2.94 bits per heavy atom. The first-order chi connectivity index (χ1) is 8.72. The molecule has 1 aromatic carbocycles. The molecule has 0 saturated heterocycles. The van der Waals surface area contributed by atoms with Gasteiger partial charge in [-0.25, -0.2) is 0 Å². The van der Waals surface area contributed by atoms with Crippen molar-refractivity contribution in [3.63, 3.8) is 0 Å². The summed E-state index contributed by atoms with van der Waals surface area (Å²) in [5, 5.41) is 7.18. The van der Waals surface area contributed by atoms with Gasteiger partial charge in [0.05, 0.1) is 11.7 Å². The number of hydrogen-bond donors (Lipinski definition) is 2. The Hall–Kier alpha value is -2.21. The number of fused-ring (bicyclic) bond motifs is 1. The highest BCUT2D eigenvalue weighted by Crippen LogP contribution is 2.07. The summed E-state index contributed by atoms with van der Waals surface area (Å²) in [5.74, 6) is -0.179. The van der Waals surface area contributed by atoms with E-state index in [4.69, 9.17) is 5.73 Å². The number of nitrogens with two attached hydrogens (primary N) is 1. The van der Waals surface area contributed by atoms with Crippen LogP contribution in [0.5, 0.6) is 0 Å². The van der Waals surface area contributed by atoms with Crippen LogP contribution in [0, 0.1) is 0 Å². The van der Waals surface area contributed by atoms with Crippen molar-refractivity contribution in [1.82, 2.24) is 15.1 Å². The quantitative estimate of drug-likeness (QED) is 0.759. The molecule has 0 bridgehead atoms. The Balaban J connectivity index is 2.32. The highest BCUT2D eigenvalue weighted by atomic mass is 16.2. The third-order valence-corrected chi connectivity index (χ3v) is 2.52. The van der Waals surface area contributed by atoms with E-state index in [-0.39, 0.29) is 17.9 Å². The fourth-order valence-electron chi connectivity index (χ4n) is 1.69. The molecule has 0 radical (unpaired) electrons.